The number of nitro groups is 1. The zero-order chi connectivity index (χ0) is 12.9. The van der Waals surface area contributed by atoms with Gasteiger partial charge in [-0.25, -0.2) is 4.39 Å². The van der Waals surface area contributed by atoms with Gasteiger partial charge in [-0.1, -0.05) is 0 Å². The Morgan fingerprint density at radius 3 is 2.78 bits per heavy atom. The Hall–Kier alpha value is -1.98. The van der Waals surface area contributed by atoms with E-state index in [0.717, 1.165) is 18.9 Å². The van der Waals surface area contributed by atoms with Crippen molar-refractivity contribution in [1.29, 1.82) is 0 Å². The maximum Gasteiger partial charge on any atom is 0.272 e. The molecular formula is C12H11FN2O3. The van der Waals surface area contributed by atoms with E-state index in [1.165, 1.54) is 11.0 Å². The van der Waals surface area contributed by atoms with Gasteiger partial charge in [-0.15, -0.1) is 0 Å². The lowest BCUT2D eigenvalue weighted by Crippen LogP contribution is -2.29. The third kappa shape index (κ3) is 1.73. The van der Waals surface area contributed by atoms with E-state index in [4.69, 9.17) is 0 Å². The van der Waals surface area contributed by atoms with Crippen molar-refractivity contribution in [3.63, 3.8) is 0 Å². The van der Waals surface area contributed by atoms with Crippen LogP contribution < -0.4 is 4.90 Å². The fraction of sp³-hybridized carbons (Fsp3) is 0.417. The molecule has 0 aromatic heterocycles. The van der Waals surface area contributed by atoms with Gasteiger partial charge < -0.3 is 4.90 Å². The zero-order valence-electron chi connectivity index (χ0n) is 9.56. The molecule has 6 heteroatoms. The van der Waals surface area contributed by atoms with E-state index < -0.39 is 10.7 Å². The summed E-state index contributed by atoms with van der Waals surface area (Å²) in [6.45, 7) is 0.528. The van der Waals surface area contributed by atoms with Crippen LogP contribution >= 0.6 is 0 Å². The highest BCUT2D eigenvalue weighted by atomic mass is 19.1. The van der Waals surface area contributed by atoms with E-state index in [-0.39, 0.29) is 23.7 Å². The van der Waals surface area contributed by atoms with Gasteiger partial charge in [0.1, 0.15) is 0 Å². The number of carbonyl (C=O) groups excluding carboxylic acids is 1. The van der Waals surface area contributed by atoms with Gasteiger partial charge in [0.05, 0.1) is 23.1 Å². The standard InChI is InChI=1S/C12H11FN2O3/c13-10-5-9(15(17)18)3-8-4-11(16)14(12(8)10)6-7-1-2-7/h3,5,7H,1-2,4,6H2. The van der Waals surface area contributed by atoms with E-state index >= 15 is 0 Å². The lowest BCUT2D eigenvalue weighted by molar-refractivity contribution is -0.385. The first-order valence-corrected chi connectivity index (χ1v) is 5.83. The minimum Gasteiger partial charge on any atom is -0.309 e. The highest BCUT2D eigenvalue weighted by molar-refractivity contribution is 6.01. The molecule has 0 N–H and O–H groups in total. The lowest BCUT2D eigenvalue weighted by atomic mass is 10.1. The van der Waals surface area contributed by atoms with Crippen molar-refractivity contribution in [3.05, 3.63) is 33.6 Å². The van der Waals surface area contributed by atoms with Gasteiger partial charge >= 0.3 is 0 Å². The molecule has 18 heavy (non-hydrogen) atoms. The number of fused-ring (bicyclic) bond motifs is 1. The number of hydrogen-bond acceptors (Lipinski definition) is 3. The summed E-state index contributed by atoms with van der Waals surface area (Å²) in [6.07, 6.45) is 2.18. The largest absolute Gasteiger partial charge is 0.309 e. The number of carbonyl (C=O) groups is 1. The summed E-state index contributed by atoms with van der Waals surface area (Å²) in [4.78, 5) is 23.3. The summed E-state index contributed by atoms with van der Waals surface area (Å²) in [5.41, 5.74) is 0.358. The number of non-ortho nitro benzene ring substituents is 1. The van der Waals surface area contributed by atoms with Gasteiger partial charge in [0.2, 0.25) is 5.91 Å². The molecule has 94 valence electrons. The summed E-state index contributed by atoms with van der Waals surface area (Å²) >= 11 is 0. The van der Waals surface area contributed by atoms with E-state index in [0.29, 0.717) is 18.0 Å². The molecule has 1 saturated carbocycles. The smallest absolute Gasteiger partial charge is 0.272 e. The molecule has 0 atom stereocenters. The van der Waals surface area contributed by atoms with Crippen LogP contribution in [0.2, 0.25) is 0 Å². The molecule has 1 aliphatic heterocycles. The number of rotatable bonds is 3. The molecular weight excluding hydrogens is 239 g/mol. The van der Waals surface area contributed by atoms with Crippen molar-refractivity contribution in [1.82, 2.24) is 0 Å². The molecule has 1 amide bonds. The molecule has 0 unspecified atom stereocenters. The van der Waals surface area contributed by atoms with Gasteiger partial charge in [-0.2, -0.15) is 0 Å². The Morgan fingerprint density at radius 2 is 2.17 bits per heavy atom. The number of benzene rings is 1. The maximum absolute atomic E-state index is 13.9. The average molecular weight is 250 g/mol. The van der Waals surface area contributed by atoms with Crippen LogP contribution in [0.4, 0.5) is 15.8 Å². The fourth-order valence-electron chi connectivity index (χ4n) is 2.32. The van der Waals surface area contributed by atoms with Crippen LogP contribution in [0.15, 0.2) is 12.1 Å². The Balaban J connectivity index is 2.01. The molecule has 1 aromatic carbocycles. The summed E-state index contributed by atoms with van der Waals surface area (Å²) in [5, 5.41) is 10.6. The third-order valence-corrected chi connectivity index (χ3v) is 3.39. The predicted octanol–water partition coefficient (Wildman–Crippen LogP) is 2.03. The number of hydrogen-bond donors (Lipinski definition) is 0. The Kier molecular flexibility index (Phi) is 2.33. The second-order valence-electron chi connectivity index (χ2n) is 4.82. The number of anilines is 1. The predicted molar refractivity (Wildman–Crippen MR) is 61.8 cm³/mol. The topological polar surface area (TPSA) is 63.4 Å². The van der Waals surface area contributed by atoms with Crippen LogP contribution in [0, 0.1) is 21.8 Å². The molecule has 0 bridgehead atoms. The molecule has 1 aromatic rings. The minimum atomic E-state index is -0.675. The van der Waals surface area contributed by atoms with Gasteiger partial charge in [0.25, 0.3) is 5.69 Å². The first-order valence-electron chi connectivity index (χ1n) is 5.83. The number of halogens is 1. The summed E-state index contributed by atoms with van der Waals surface area (Å²) in [6, 6.07) is 2.18. The Bertz CT molecular complexity index is 554. The maximum atomic E-state index is 13.9. The highest BCUT2D eigenvalue weighted by Gasteiger charge is 2.36. The molecule has 1 heterocycles. The molecule has 2 aliphatic rings. The number of nitrogens with zero attached hydrogens (tertiary/aromatic N) is 2. The zero-order valence-corrected chi connectivity index (χ0v) is 9.56. The monoisotopic (exact) mass is 250 g/mol. The van der Waals surface area contributed by atoms with E-state index in [1.54, 1.807) is 0 Å². The minimum absolute atomic E-state index is 0.0562. The fourth-order valence-corrected chi connectivity index (χ4v) is 2.32. The quantitative estimate of drug-likeness (QED) is 0.609. The summed E-state index contributed by atoms with van der Waals surface area (Å²) in [5.74, 6) is -0.392. The molecule has 1 fully saturated rings. The van der Waals surface area contributed by atoms with Crippen molar-refractivity contribution in [2.45, 2.75) is 19.3 Å². The third-order valence-electron chi connectivity index (χ3n) is 3.39. The summed E-state index contributed by atoms with van der Waals surface area (Å²) in [7, 11) is 0. The SMILES string of the molecule is O=C1Cc2cc([N+](=O)[O-])cc(F)c2N1CC1CC1. The summed E-state index contributed by atoms with van der Waals surface area (Å²) < 4.78 is 13.9. The van der Waals surface area contributed by atoms with Crippen LogP contribution in [0.25, 0.3) is 0 Å². The molecule has 3 rings (SSSR count). The van der Waals surface area contributed by atoms with Crippen LogP contribution in [0.5, 0.6) is 0 Å². The number of amides is 1. The van der Waals surface area contributed by atoms with Crippen molar-refractivity contribution >= 4 is 17.3 Å². The average Bonchev–Trinajstić information content (AvgIpc) is 3.04. The lowest BCUT2D eigenvalue weighted by Gasteiger charge is -2.17. The second-order valence-corrected chi connectivity index (χ2v) is 4.82. The Morgan fingerprint density at radius 1 is 1.44 bits per heavy atom. The van der Waals surface area contributed by atoms with E-state index in [2.05, 4.69) is 0 Å². The highest BCUT2D eigenvalue weighted by Crippen LogP contribution is 2.38. The van der Waals surface area contributed by atoms with Crippen molar-refractivity contribution in [2.24, 2.45) is 5.92 Å². The molecule has 0 spiro atoms. The van der Waals surface area contributed by atoms with Crippen molar-refractivity contribution < 1.29 is 14.1 Å². The number of nitro benzene ring substituents is 1. The molecule has 5 nitrogen and oxygen atoms in total. The van der Waals surface area contributed by atoms with Crippen LogP contribution in [-0.2, 0) is 11.2 Å². The van der Waals surface area contributed by atoms with Gasteiger partial charge in [-0.3, -0.25) is 14.9 Å². The van der Waals surface area contributed by atoms with E-state index in [9.17, 15) is 19.3 Å². The van der Waals surface area contributed by atoms with E-state index in [1.807, 2.05) is 0 Å². The van der Waals surface area contributed by atoms with Gasteiger partial charge in [-0.05, 0) is 24.3 Å². The molecule has 1 aliphatic carbocycles. The first-order chi connectivity index (χ1) is 8.56. The molecule has 0 saturated heterocycles. The Labute approximate surface area is 102 Å². The van der Waals surface area contributed by atoms with Crippen molar-refractivity contribution in [3.8, 4) is 0 Å². The molecule has 0 radical (unpaired) electrons. The van der Waals surface area contributed by atoms with Crippen LogP contribution in [0.1, 0.15) is 18.4 Å². The van der Waals surface area contributed by atoms with Gasteiger partial charge in [0, 0.05) is 12.6 Å². The second kappa shape index (κ2) is 3.76. The van der Waals surface area contributed by atoms with Crippen LogP contribution in [-0.4, -0.2) is 17.4 Å². The van der Waals surface area contributed by atoms with Crippen LogP contribution in [0.3, 0.4) is 0 Å². The first kappa shape index (κ1) is 11.1. The normalized spacial score (nSPS) is 18.1. The van der Waals surface area contributed by atoms with Gasteiger partial charge in [0.15, 0.2) is 5.82 Å². The van der Waals surface area contributed by atoms with Crippen molar-refractivity contribution in [2.75, 3.05) is 11.4 Å².